The first-order chi connectivity index (χ1) is 8.56. The van der Waals surface area contributed by atoms with E-state index in [9.17, 15) is 0 Å². The number of aromatic nitrogens is 4. The summed E-state index contributed by atoms with van der Waals surface area (Å²) in [7, 11) is 0. The fourth-order valence-electron chi connectivity index (χ4n) is 1.17. The topological polar surface area (TPSA) is 86.8 Å². The second-order valence-corrected chi connectivity index (χ2v) is 5.76. The first kappa shape index (κ1) is 13.0. The molecule has 0 unspecified atom stereocenters. The average molecular weight is 283 g/mol. The van der Waals surface area contributed by atoms with Gasteiger partial charge in [0.25, 0.3) is 0 Å². The Morgan fingerprint density at radius 2 is 2.17 bits per heavy atom. The third-order valence-electron chi connectivity index (χ3n) is 1.85. The van der Waals surface area contributed by atoms with Gasteiger partial charge >= 0.3 is 0 Å². The van der Waals surface area contributed by atoms with Gasteiger partial charge in [-0.1, -0.05) is 0 Å². The van der Waals surface area contributed by atoms with Crippen molar-refractivity contribution in [3.63, 3.8) is 0 Å². The Hall–Kier alpha value is -1.41. The van der Waals surface area contributed by atoms with Crippen LogP contribution in [0.5, 0.6) is 5.88 Å². The molecule has 0 atom stereocenters. The number of nitrogens with zero attached hydrogens (tertiary/aromatic N) is 4. The molecule has 0 aliphatic carbocycles. The van der Waals surface area contributed by atoms with Crippen molar-refractivity contribution in [1.29, 1.82) is 0 Å². The van der Waals surface area contributed by atoms with Gasteiger partial charge in [-0.3, -0.25) is 0 Å². The summed E-state index contributed by atoms with van der Waals surface area (Å²) in [6.45, 7) is 5.68. The van der Waals surface area contributed by atoms with Crippen molar-refractivity contribution >= 4 is 29.0 Å². The lowest BCUT2D eigenvalue weighted by atomic mass is 10.4. The molecule has 6 nitrogen and oxygen atoms in total. The third kappa shape index (κ3) is 3.08. The average Bonchev–Trinajstić information content (AvgIpc) is 2.69. The molecule has 0 spiro atoms. The summed E-state index contributed by atoms with van der Waals surface area (Å²) in [5.74, 6) is 1.15. The Morgan fingerprint density at radius 3 is 2.78 bits per heavy atom. The van der Waals surface area contributed by atoms with E-state index in [-0.39, 0.29) is 6.10 Å². The molecule has 0 aromatic carbocycles. The van der Waals surface area contributed by atoms with E-state index in [1.165, 1.54) is 29.6 Å². The molecule has 18 heavy (non-hydrogen) atoms. The van der Waals surface area contributed by atoms with E-state index in [0.29, 0.717) is 16.6 Å². The molecule has 8 heteroatoms. The van der Waals surface area contributed by atoms with Gasteiger partial charge in [0.15, 0.2) is 4.34 Å². The van der Waals surface area contributed by atoms with E-state index in [0.717, 1.165) is 10.2 Å². The molecule has 2 aromatic heterocycles. The number of rotatable bonds is 4. The Balaban J connectivity index is 2.23. The molecule has 2 rings (SSSR count). The molecule has 0 aliphatic heterocycles. The molecule has 0 amide bonds. The van der Waals surface area contributed by atoms with Crippen molar-refractivity contribution in [2.75, 3.05) is 5.73 Å². The summed E-state index contributed by atoms with van der Waals surface area (Å²) in [5.41, 5.74) is 6.41. The van der Waals surface area contributed by atoms with Gasteiger partial charge in [-0.2, -0.15) is 9.36 Å². The summed E-state index contributed by atoms with van der Waals surface area (Å²) >= 11 is 2.68. The summed E-state index contributed by atoms with van der Waals surface area (Å²) < 4.78 is 10.4. The molecule has 96 valence electrons. The van der Waals surface area contributed by atoms with Crippen LogP contribution in [0.15, 0.2) is 15.7 Å². The summed E-state index contributed by atoms with van der Waals surface area (Å²) in [6.07, 6.45) is 1.45. The van der Waals surface area contributed by atoms with Gasteiger partial charge in [-0.05, 0) is 44.1 Å². The third-order valence-corrected chi connectivity index (χ3v) is 3.71. The Morgan fingerprint density at radius 1 is 1.39 bits per heavy atom. The Bertz CT molecular complexity index is 543. The fourth-order valence-corrected chi connectivity index (χ4v) is 2.73. The highest BCUT2D eigenvalue weighted by atomic mass is 32.2. The van der Waals surface area contributed by atoms with Crippen LogP contribution in [-0.4, -0.2) is 25.4 Å². The molecule has 0 aliphatic rings. The van der Waals surface area contributed by atoms with Crippen LogP contribution in [0.25, 0.3) is 0 Å². The van der Waals surface area contributed by atoms with Crippen molar-refractivity contribution < 1.29 is 4.74 Å². The summed E-state index contributed by atoms with van der Waals surface area (Å²) in [6, 6.07) is 0. The number of aryl methyl sites for hydroxylation is 1. The van der Waals surface area contributed by atoms with Gasteiger partial charge in [0.2, 0.25) is 5.88 Å². The minimum absolute atomic E-state index is 0.0174. The molecule has 2 N–H and O–H groups in total. The van der Waals surface area contributed by atoms with Gasteiger partial charge in [0.1, 0.15) is 22.9 Å². The molecule has 0 fully saturated rings. The van der Waals surface area contributed by atoms with Gasteiger partial charge in [0, 0.05) is 0 Å². The summed E-state index contributed by atoms with van der Waals surface area (Å²) in [4.78, 5) is 12.4. The molecule has 2 aromatic rings. The number of nitrogens with two attached hydrogens (primary N) is 1. The van der Waals surface area contributed by atoms with Crippen LogP contribution in [0, 0.1) is 6.92 Å². The number of ether oxygens (including phenoxy) is 1. The van der Waals surface area contributed by atoms with Crippen LogP contribution in [0.4, 0.5) is 5.69 Å². The maximum Gasteiger partial charge on any atom is 0.241 e. The van der Waals surface area contributed by atoms with Crippen LogP contribution < -0.4 is 10.5 Å². The second-order valence-electron chi connectivity index (χ2n) is 3.77. The van der Waals surface area contributed by atoms with Crippen molar-refractivity contribution in [2.45, 2.75) is 36.2 Å². The molecular formula is C10H13N5OS2. The highest BCUT2D eigenvalue weighted by Gasteiger charge is 2.13. The Kier molecular flexibility index (Phi) is 3.97. The predicted octanol–water partition coefficient (Wildman–Crippen LogP) is 2.16. The normalized spacial score (nSPS) is 10.9. The number of nitrogen functional groups attached to an aromatic ring is 1. The maximum atomic E-state index is 5.97. The van der Waals surface area contributed by atoms with Crippen LogP contribution in [-0.2, 0) is 0 Å². The molecule has 0 saturated carbocycles. The monoisotopic (exact) mass is 283 g/mol. The highest BCUT2D eigenvalue weighted by molar-refractivity contribution is 8.01. The van der Waals surface area contributed by atoms with Crippen LogP contribution in [0.2, 0.25) is 0 Å². The smallest absolute Gasteiger partial charge is 0.241 e. The van der Waals surface area contributed by atoms with Gasteiger partial charge in [-0.25, -0.2) is 9.97 Å². The van der Waals surface area contributed by atoms with Crippen LogP contribution in [0.1, 0.15) is 19.7 Å². The Labute approximate surface area is 113 Å². The van der Waals surface area contributed by atoms with Crippen molar-refractivity contribution in [3.05, 3.63) is 12.2 Å². The van der Waals surface area contributed by atoms with Crippen molar-refractivity contribution in [1.82, 2.24) is 19.3 Å². The maximum absolute atomic E-state index is 5.97. The number of anilines is 1. The van der Waals surface area contributed by atoms with Crippen molar-refractivity contribution in [2.24, 2.45) is 0 Å². The van der Waals surface area contributed by atoms with E-state index in [2.05, 4.69) is 19.3 Å². The van der Waals surface area contributed by atoms with E-state index in [1.54, 1.807) is 0 Å². The quantitative estimate of drug-likeness (QED) is 0.860. The standard InChI is InChI=1S/C10H13N5OS2/c1-5(2)16-8-7(11)9(13-4-12-8)17-10-14-6(3)15-18-10/h4-5H,11H2,1-3H3. The van der Waals surface area contributed by atoms with Gasteiger partial charge < -0.3 is 10.5 Å². The first-order valence-corrected chi connectivity index (χ1v) is 6.90. The van der Waals surface area contributed by atoms with Crippen LogP contribution >= 0.6 is 23.3 Å². The molecular weight excluding hydrogens is 270 g/mol. The van der Waals surface area contributed by atoms with Gasteiger partial charge in [0.05, 0.1) is 6.10 Å². The van der Waals surface area contributed by atoms with E-state index in [4.69, 9.17) is 10.5 Å². The predicted molar refractivity (Wildman–Crippen MR) is 71.0 cm³/mol. The zero-order valence-electron chi connectivity index (χ0n) is 10.2. The van der Waals surface area contributed by atoms with E-state index in [1.807, 2.05) is 20.8 Å². The molecule has 0 radical (unpaired) electrons. The fraction of sp³-hybridized carbons (Fsp3) is 0.400. The van der Waals surface area contributed by atoms with Crippen LogP contribution in [0.3, 0.4) is 0 Å². The SMILES string of the molecule is Cc1nsc(Sc2ncnc(OC(C)C)c2N)n1. The largest absolute Gasteiger partial charge is 0.473 e. The zero-order valence-corrected chi connectivity index (χ0v) is 11.9. The highest BCUT2D eigenvalue weighted by Crippen LogP contribution is 2.34. The second kappa shape index (κ2) is 5.49. The zero-order chi connectivity index (χ0) is 13.1. The minimum atomic E-state index is 0.0174. The lowest BCUT2D eigenvalue weighted by molar-refractivity contribution is 0.233. The summed E-state index contributed by atoms with van der Waals surface area (Å²) in [5, 5.41) is 0.636. The first-order valence-electron chi connectivity index (χ1n) is 5.31. The number of hydrogen-bond acceptors (Lipinski definition) is 8. The van der Waals surface area contributed by atoms with E-state index < -0.39 is 0 Å². The minimum Gasteiger partial charge on any atom is -0.473 e. The van der Waals surface area contributed by atoms with E-state index >= 15 is 0 Å². The lowest BCUT2D eigenvalue weighted by Gasteiger charge is -2.11. The number of hydrogen-bond donors (Lipinski definition) is 1. The molecule has 2 heterocycles. The van der Waals surface area contributed by atoms with Gasteiger partial charge in [-0.15, -0.1) is 0 Å². The lowest BCUT2D eigenvalue weighted by Crippen LogP contribution is -2.09. The van der Waals surface area contributed by atoms with Crippen molar-refractivity contribution in [3.8, 4) is 5.88 Å². The molecule has 0 bridgehead atoms. The molecule has 0 saturated heterocycles.